The van der Waals surface area contributed by atoms with Gasteiger partial charge in [-0.2, -0.15) is 5.10 Å². The highest BCUT2D eigenvalue weighted by Gasteiger charge is 2.18. The average molecular weight is 268 g/mol. The summed E-state index contributed by atoms with van der Waals surface area (Å²) in [6.07, 6.45) is 1.66. The van der Waals surface area contributed by atoms with Crippen LogP contribution in [0.4, 0.5) is 0 Å². The SMILES string of the molecule is CCCC(NC(=O)c1cc(C)nn1CC)C(N)=S. The summed E-state index contributed by atoms with van der Waals surface area (Å²) < 4.78 is 1.67. The smallest absolute Gasteiger partial charge is 0.270 e. The van der Waals surface area contributed by atoms with Gasteiger partial charge < -0.3 is 11.1 Å². The molecule has 0 bridgehead atoms. The van der Waals surface area contributed by atoms with Gasteiger partial charge in [0.25, 0.3) is 5.91 Å². The first-order chi connectivity index (χ1) is 8.49. The molecule has 0 fully saturated rings. The normalized spacial score (nSPS) is 12.2. The van der Waals surface area contributed by atoms with Gasteiger partial charge in [-0.3, -0.25) is 9.48 Å². The molecule has 100 valence electrons. The van der Waals surface area contributed by atoms with Crippen LogP contribution in [0.2, 0.25) is 0 Å². The van der Waals surface area contributed by atoms with Crippen molar-refractivity contribution in [1.82, 2.24) is 15.1 Å². The van der Waals surface area contributed by atoms with E-state index in [1.807, 2.05) is 20.8 Å². The summed E-state index contributed by atoms with van der Waals surface area (Å²) in [4.78, 5) is 12.5. The Hall–Kier alpha value is -1.43. The van der Waals surface area contributed by atoms with Crippen molar-refractivity contribution in [2.45, 2.75) is 46.2 Å². The molecule has 1 amide bonds. The van der Waals surface area contributed by atoms with E-state index in [1.54, 1.807) is 10.7 Å². The second-order valence-electron chi connectivity index (χ2n) is 4.20. The van der Waals surface area contributed by atoms with Gasteiger partial charge in [0.15, 0.2) is 0 Å². The molecule has 0 aromatic carbocycles. The second-order valence-corrected chi connectivity index (χ2v) is 4.68. The van der Waals surface area contributed by atoms with Crippen molar-refractivity contribution in [2.75, 3.05) is 0 Å². The summed E-state index contributed by atoms with van der Waals surface area (Å²) in [5.41, 5.74) is 6.99. The monoisotopic (exact) mass is 268 g/mol. The van der Waals surface area contributed by atoms with Crippen LogP contribution in [-0.4, -0.2) is 26.7 Å². The van der Waals surface area contributed by atoms with Gasteiger partial charge in [0, 0.05) is 6.54 Å². The Kier molecular flexibility index (Phi) is 5.27. The maximum absolute atomic E-state index is 12.1. The van der Waals surface area contributed by atoms with Crippen molar-refractivity contribution in [3.63, 3.8) is 0 Å². The Morgan fingerprint density at radius 2 is 2.28 bits per heavy atom. The van der Waals surface area contributed by atoms with Crippen molar-refractivity contribution in [1.29, 1.82) is 0 Å². The third-order valence-corrected chi connectivity index (χ3v) is 2.94. The zero-order chi connectivity index (χ0) is 13.7. The zero-order valence-corrected chi connectivity index (χ0v) is 11.9. The van der Waals surface area contributed by atoms with Crippen molar-refractivity contribution < 1.29 is 4.79 Å². The average Bonchev–Trinajstić information content (AvgIpc) is 2.69. The first-order valence-corrected chi connectivity index (χ1v) is 6.55. The molecule has 1 aromatic heterocycles. The number of nitrogens with zero attached hydrogens (tertiary/aromatic N) is 2. The number of aryl methyl sites for hydroxylation is 2. The molecule has 0 aliphatic rings. The minimum Gasteiger partial charge on any atom is -0.392 e. The molecule has 3 N–H and O–H groups in total. The summed E-state index contributed by atoms with van der Waals surface area (Å²) in [7, 11) is 0. The third-order valence-electron chi connectivity index (χ3n) is 2.66. The lowest BCUT2D eigenvalue weighted by Gasteiger charge is -2.16. The van der Waals surface area contributed by atoms with Crippen LogP contribution in [0.25, 0.3) is 0 Å². The van der Waals surface area contributed by atoms with Crippen LogP contribution < -0.4 is 11.1 Å². The van der Waals surface area contributed by atoms with E-state index in [4.69, 9.17) is 18.0 Å². The Morgan fingerprint density at radius 1 is 1.61 bits per heavy atom. The molecular weight excluding hydrogens is 248 g/mol. The van der Waals surface area contributed by atoms with E-state index in [2.05, 4.69) is 10.4 Å². The number of aromatic nitrogens is 2. The molecular formula is C12H20N4OS. The molecule has 1 unspecified atom stereocenters. The van der Waals surface area contributed by atoms with E-state index in [0.717, 1.165) is 18.5 Å². The van der Waals surface area contributed by atoms with Gasteiger partial charge in [0.1, 0.15) is 5.69 Å². The lowest BCUT2D eigenvalue weighted by molar-refractivity contribution is 0.0935. The van der Waals surface area contributed by atoms with Gasteiger partial charge in [0.05, 0.1) is 16.7 Å². The molecule has 0 spiro atoms. The second kappa shape index (κ2) is 6.49. The van der Waals surface area contributed by atoms with Crippen LogP contribution in [0.15, 0.2) is 6.07 Å². The van der Waals surface area contributed by atoms with E-state index in [9.17, 15) is 4.79 Å². The minimum absolute atomic E-state index is 0.177. The number of carbonyl (C=O) groups excluding carboxylic acids is 1. The molecule has 0 saturated heterocycles. The highest BCUT2D eigenvalue weighted by molar-refractivity contribution is 7.80. The lowest BCUT2D eigenvalue weighted by Crippen LogP contribution is -2.44. The molecule has 0 saturated carbocycles. The molecule has 1 heterocycles. The Balaban J connectivity index is 2.83. The van der Waals surface area contributed by atoms with Crippen LogP contribution in [0, 0.1) is 6.92 Å². The fourth-order valence-corrected chi connectivity index (χ4v) is 1.95. The fourth-order valence-electron chi connectivity index (χ4n) is 1.78. The molecule has 0 aliphatic carbocycles. The maximum atomic E-state index is 12.1. The number of hydrogen-bond donors (Lipinski definition) is 2. The Bertz CT molecular complexity index is 441. The maximum Gasteiger partial charge on any atom is 0.270 e. The summed E-state index contributed by atoms with van der Waals surface area (Å²) in [6, 6.07) is 1.51. The number of nitrogens with one attached hydrogen (secondary N) is 1. The van der Waals surface area contributed by atoms with Crippen molar-refractivity contribution in [2.24, 2.45) is 5.73 Å². The van der Waals surface area contributed by atoms with Gasteiger partial charge in [0.2, 0.25) is 0 Å². The summed E-state index contributed by atoms with van der Waals surface area (Å²) in [5.74, 6) is -0.177. The molecule has 0 aliphatic heterocycles. The van der Waals surface area contributed by atoms with Crippen molar-refractivity contribution in [3.05, 3.63) is 17.5 Å². The molecule has 5 nitrogen and oxygen atoms in total. The van der Waals surface area contributed by atoms with E-state index in [0.29, 0.717) is 17.2 Å². The zero-order valence-electron chi connectivity index (χ0n) is 11.1. The molecule has 0 radical (unpaired) electrons. The predicted octanol–water partition coefficient (Wildman–Crippen LogP) is 1.40. The quantitative estimate of drug-likeness (QED) is 0.765. The van der Waals surface area contributed by atoms with E-state index in [-0.39, 0.29) is 11.9 Å². The lowest BCUT2D eigenvalue weighted by atomic mass is 10.1. The number of amides is 1. The predicted molar refractivity (Wildman–Crippen MR) is 75.6 cm³/mol. The highest BCUT2D eigenvalue weighted by Crippen LogP contribution is 2.05. The molecule has 1 atom stereocenters. The van der Waals surface area contributed by atoms with Crippen LogP contribution in [0.1, 0.15) is 42.9 Å². The van der Waals surface area contributed by atoms with E-state index < -0.39 is 0 Å². The molecule has 6 heteroatoms. The topological polar surface area (TPSA) is 72.9 Å². The largest absolute Gasteiger partial charge is 0.392 e. The third kappa shape index (κ3) is 3.53. The van der Waals surface area contributed by atoms with Gasteiger partial charge in [-0.25, -0.2) is 0 Å². The molecule has 1 aromatic rings. The first-order valence-electron chi connectivity index (χ1n) is 6.14. The Labute approximate surface area is 113 Å². The molecule has 18 heavy (non-hydrogen) atoms. The Morgan fingerprint density at radius 3 is 2.78 bits per heavy atom. The van der Waals surface area contributed by atoms with Crippen molar-refractivity contribution >= 4 is 23.1 Å². The number of rotatable bonds is 6. The number of hydrogen-bond acceptors (Lipinski definition) is 3. The van der Waals surface area contributed by atoms with Crippen LogP contribution in [-0.2, 0) is 6.54 Å². The van der Waals surface area contributed by atoms with Crippen molar-refractivity contribution in [3.8, 4) is 0 Å². The van der Waals surface area contributed by atoms with Crippen LogP contribution in [0.3, 0.4) is 0 Å². The number of nitrogens with two attached hydrogens (primary N) is 1. The van der Waals surface area contributed by atoms with E-state index in [1.165, 1.54) is 0 Å². The minimum atomic E-state index is -0.252. The summed E-state index contributed by atoms with van der Waals surface area (Å²) in [6.45, 7) is 6.49. The van der Waals surface area contributed by atoms with E-state index >= 15 is 0 Å². The summed E-state index contributed by atoms with van der Waals surface area (Å²) in [5, 5.41) is 7.10. The van der Waals surface area contributed by atoms with Crippen LogP contribution >= 0.6 is 12.2 Å². The standard InChI is InChI=1S/C12H20N4OS/c1-4-6-9(11(13)18)14-12(17)10-7-8(3)15-16(10)5-2/h7,9H,4-6H2,1-3H3,(H2,13,18)(H,14,17). The van der Waals surface area contributed by atoms with Gasteiger partial charge in [-0.1, -0.05) is 25.6 Å². The highest BCUT2D eigenvalue weighted by atomic mass is 32.1. The number of carbonyl (C=O) groups is 1. The first kappa shape index (κ1) is 14.6. The fraction of sp³-hybridized carbons (Fsp3) is 0.583. The number of thiocarbonyl (C=S) groups is 1. The van der Waals surface area contributed by atoms with Crippen LogP contribution in [0.5, 0.6) is 0 Å². The van der Waals surface area contributed by atoms with Gasteiger partial charge in [-0.15, -0.1) is 0 Å². The summed E-state index contributed by atoms with van der Waals surface area (Å²) >= 11 is 4.96. The van der Waals surface area contributed by atoms with Gasteiger partial charge >= 0.3 is 0 Å². The van der Waals surface area contributed by atoms with Gasteiger partial charge in [-0.05, 0) is 26.3 Å². The molecule has 1 rings (SSSR count).